The molecule has 0 saturated carbocycles. The molecule has 0 bridgehead atoms. The highest BCUT2D eigenvalue weighted by atomic mass is 32.1. The third-order valence-electron chi connectivity index (χ3n) is 4.33. The number of hydrogen-bond acceptors (Lipinski definition) is 6. The average molecular weight is 349 g/mol. The molecule has 3 rings (SSSR count). The fourth-order valence-corrected chi connectivity index (χ4v) is 3.58. The van der Waals surface area contributed by atoms with E-state index in [2.05, 4.69) is 15.0 Å². The zero-order valence-corrected chi connectivity index (χ0v) is 15.2. The molecule has 1 aliphatic heterocycles. The van der Waals surface area contributed by atoms with Gasteiger partial charge in [-0.2, -0.15) is 0 Å². The summed E-state index contributed by atoms with van der Waals surface area (Å²) in [5.41, 5.74) is 1.95. The first-order valence-corrected chi connectivity index (χ1v) is 8.73. The van der Waals surface area contributed by atoms with E-state index in [9.17, 15) is 4.79 Å². The van der Waals surface area contributed by atoms with Crippen LogP contribution in [-0.4, -0.2) is 49.7 Å². The van der Waals surface area contributed by atoms with Gasteiger partial charge in [-0.1, -0.05) is 0 Å². The summed E-state index contributed by atoms with van der Waals surface area (Å²) < 4.78 is 9.46. The van der Waals surface area contributed by atoms with E-state index in [0.717, 1.165) is 30.8 Å². The van der Waals surface area contributed by atoms with Crippen molar-refractivity contribution in [2.24, 2.45) is 5.92 Å². The number of hydrogen-bond donors (Lipinski definition) is 0. The van der Waals surface area contributed by atoms with Crippen molar-refractivity contribution in [3.8, 4) is 0 Å². The monoisotopic (exact) mass is 349 g/mol. The highest BCUT2D eigenvalue weighted by Crippen LogP contribution is 2.19. The number of carbonyl (C=O) groups is 1. The van der Waals surface area contributed by atoms with Crippen molar-refractivity contribution in [1.82, 2.24) is 24.1 Å². The van der Waals surface area contributed by atoms with E-state index in [1.807, 2.05) is 31.2 Å². The number of ether oxygens (including phenoxy) is 1. The van der Waals surface area contributed by atoms with Gasteiger partial charge in [-0.3, -0.25) is 14.1 Å². The molecule has 0 aromatic carbocycles. The van der Waals surface area contributed by atoms with E-state index >= 15 is 0 Å². The Bertz CT molecular complexity index is 813. The van der Waals surface area contributed by atoms with Gasteiger partial charge in [0.15, 0.2) is 0 Å². The zero-order chi connectivity index (χ0) is 17.3. The Balaban J connectivity index is 1.80. The molecular formula is C16H23N5O2S. The SMILES string of the molecule is CCOC(=O)[C@H]1CCCN(Cn2nc3nc(C)cc(C)n3c2=S)C1. The molecule has 2 aromatic heterocycles. The van der Waals surface area contributed by atoms with Gasteiger partial charge in [0.25, 0.3) is 5.78 Å². The number of rotatable bonds is 4. The van der Waals surface area contributed by atoms with E-state index < -0.39 is 0 Å². The minimum Gasteiger partial charge on any atom is -0.466 e. The number of piperidine rings is 1. The van der Waals surface area contributed by atoms with E-state index in [1.165, 1.54) is 0 Å². The van der Waals surface area contributed by atoms with Crippen molar-refractivity contribution in [2.45, 2.75) is 40.3 Å². The molecule has 0 spiro atoms. The first kappa shape index (κ1) is 17.0. The third-order valence-corrected chi connectivity index (χ3v) is 4.72. The zero-order valence-electron chi connectivity index (χ0n) is 14.4. The van der Waals surface area contributed by atoms with Crippen LogP contribution in [0.3, 0.4) is 0 Å². The van der Waals surface area contributed by atoms with Crippen LogP contribution in [-0.2, 0) is 16.2 Å². The van der Waals surface area contributed by atoms with Crippen LogP contribution in [0.25, 0.3) is 5.78 Å². The van der Waals surface area contributed by atoms with Crippen molar-refractivity contribution in [3.05, 3.63) is 22.2 Å². The van der Waals surface area contributed by atoms with E-state index in [0.29, 0.717) is 30.4 Å². The Morgan fingerprint density at radius 3 is 3.00 bits per heavy atom. The molecule has 2 aromatic rings. The molecule has 7 nitrogen and oxygen atoms in total. The van der Waals surface area contributed by atoms with Crippen LogP contribution < -0.4 is 0 Å². The van der Waals surface area contributed by atoms with Crippen molar-refractivity contribution in [1.29, 1.82) is 0 Å². The molecule has 0 aliphatic carbocycles. The van der Waals surface area contributed by atoms with Crippen LogP contribution >= 0.6 is 12.2 Å². The Labute approximate surface area is 146 Å². The normalized spacial score (nSPS) is 18.9. The van der Waals surface area contributed by atoms with Crippen LogP contribution in [0.4, 0.5) is 0 Å². The standard InChI is InChI=1S/C16H23N5O2S/c1-4-23-14(22)13-6-5-7-19(9-13)10-20-16(24)21-12(3)8-11(2)17-15(21)18-20/h8,13H,4-7,9-10H2,1-3H3/t13-/m0/s1. The molecule has 1 atom stereocenters. The summed E-state index contributed by atoms with van der Waals surface area (Å²) >= 11 is 5.55. The van der Waals surface area contributed by atoms with Crippen molar-refractivity contribution in [3.63, 3.8) is 0 Å². The van der Waals surface area contributed by atoms with Gasteiger partial charge < -0.3 is 4.74 Å². The van der Waals surface area contributed by atoms with Crippen LogP contribution in [0.2, 0.25) is 0 Å². The van der Waals surface area contributed by atoms with Crippen LogP contribution in [0, 0.1) is 24.5 Å². The number of carbonyl (C=O) groups excluding carboxylic acids is 1. The lowest BCUT2D eigenvalue weighted by atomic mass is 9.99. The Kier molecular flexibility index (Phi) is 4.96. The predicted octanol–water partition coefficient (Wildman–Crippen LogP) is 2.11. The summed E-state index contributed by atoms with van der Waals surface area (Å²) in [5.74, 6) is 0.456. The van der Waals surface area contributed by atoms with Gasteiger partial charge in [0, 0.05) is 17.9 Å². The quantitative estimate of drug-likeness (QED) is 0.622. The van der Waals surface area contributed by atoms with Gasteiger partial charge in [-0.25, -0.2) is 9.67 Å². The largest absolute Gasteiger partial charge is 0.466 e. The molecule has 130 valence electrons. The summed E-state index contributed by atoms with van der Waals surface area (Å²) in [6, 6.07) is 1.99. The van der Waals surface area contributed by atoms with Gasteiger partial charge in [0.05, 0.1) is 19.2 Å². The number of nitrogens with zero attached hydrogens (tertiary/aromatic N) is 5. The topological polar surface area (TPSA) is 64.7 Å². The smallest absolute Gasteiger partial charge is 0.310 e. The predicted molar refractivity (Wildman–Crippen MR) is 92.2 cm³/mol. The number of aryl methyl sites for hydroxylation is 2. The second-order valence-electron chi connectivity index (χ2n) is 6.27. The van der Waals surface area contributed by atoms with Crippen molar-refractivity contribution >= 4 is 24.0 Å². The first-order valence-electron chi connectivity index (χ1n) is 8.32. The van der Waals surface area contributed by atoms with E-state index in [4.69, 9.17) is 17.0 Å². The number of aromatic nitrogens is 4. The lowest BCUT2D eigenvalue weighted by Crippen LogP contribution is -2.40. The summed E-state index contributed by atoms with van der Waals surface area (Å²) in [4.78, 5) is 18.6. The summed E-state index contributed by atoms with van der Waals surface area (Å²) in [6.45, 7) is 8.39. The van der Waals surface area contributed by atoms with Gasteiger partial charge in [0.1, 0.15) is 0 Å². The molecule has 0 amide bonds. The third kappa shape index (κ3) is 3.34. The van der Waals surface area contributed by atoms with Crippen LogP contribution in [0.15, 0.2) is 6.07 Å². The number of esters is 1. The van der Waals surface area contributed by atoms with Crippen LogP contribution in [0.1, 0.15) is 31.2 Å². The minimum absolute atomic E-state index is 0.0630. The van der Waals surface area contributed by atoms with E-state index in [1.54, 1.807) is 4.68 Å². The van der Waals surface area contributed by atoms with Gasteiger partial charge in [-0.15, -0.1) is 5.10 Å². The Morgan fingerprint density at radius 2 is 2.25 bits per heavy atom. The average Bonchev–Trinajstić information content (AvgIpc) is 2.83. The molecule has 0 unspecified atom stereocenters. The molecule has 0 N–H and O–H groups in total. The Hall–Kier alpha value is -1.80. The number of fused-ring (bicyclic) bond motifs is 1. The van der Waals surface area contributed by atoms with E-state index in [-0.39, 0.29) is 11.9 Å². The van der Waals surface area contributed by atoms with Crippen molar-refractivity contribution < 1.29 is 9.53 Å². The maximum absolute atomic E-state index is 12.0. The molecule has 0 radical (unpaired) electrons. The molecule has 24 heavy (non-hydrogen) atoms. The summed E-state index contributed by atoms with van der Waals surface area (Å²) in [6.07, 6.45) is 1.85. The molecule has 8 heteroatoms. The number of likely N-dealkylation sites (tertiary alicyclic amines) is 1. The molecular weight excluding hydrogens is 326 g/mol. The van der Waals surface area contributed by atoms with Crippen molar-refractivity contribution in [2.75, 3.05) is 19.7 Å². The second kappa shape index (κ2) is 6.98. The Morgan fingerprint density at radius 1 is 1.46 bits per heavy atom. The van der Waals surface area contributed by atoms with Gasteiger partial charge >= 0.3 is 5.97 Å². The molecule has 1 saturated heterocycles. The van der Waals surface area contributed by atoms with Gasteiger partial charge in [0.2, 0.25) is 4.77 Å². The molecule has 3 heterocycles. The highest BCUT2D eigenvalue weighted by Gasteiger charge is 2.27. The highest BCUT2D eigenvalue weighted by molar-refractivity contribution is 7.71. The lowest BCUT2D eigenvalue weighted by molar-refractivity contribution is -0.150. The molecule has 1 fully saturated rings. The minimum atomic E-state index is -0.103. The first-order chi connectivity index (χ1) is 11.5. The molecule has 1 aliphatic rings. The summed E-state index contributed by atoms with van der Waals surface area (Å²) in [5, 5.41) is 4.54. The van der Waals surface area contributed by atoms with Gasteiger partial charge in [-0.05, 0) is 58.4 Å². The lowest BCUT2D eigenvalue weighted by Gasteiger charge is -2.30. The fourth-order valence-electron chi connectivity index (χ4n) is 3.25. The fraction of sp³-hybridized carbons (Fsp3) is 0.625. The maximum Gasteiger partial charge on any atom is 0.310 e. The summed E-state index contributed by atoms with van der Waals surface area (Å²) in [7, 11) is 0. The second-order valence-corrected chi connectivity index (χ2v) is 6.63. The maximum atomic E-state index is 12.0. The van der Waals surface area contributed by atoms with Crippen LogP contribution in [0.5, 0.6) is 0 Å².